The molecule has 3 aromatic carbocycles. The van der Waals surface area contributed by atoms with Crippen LogP contribution in [-0.2, 0) is 11.3 Å². The van der Waals surface area contributed by atoms with E-state index in [0.29, 0.717) is 34.5 Å². The Morgan fingerprint density at radius 3 is 2.43 bits per heavy atom. The molecule has 0 aliphatic carbocycles. The number of phenolic OH excluding ortho intramolecular Hbond substituents is 1. The number of aromatic hydroxyl groups is 1. The molecule has 0 bridgehead atoms. The summed E-state index contributed by atoms with van der Waals surface area (Å²) in [6.07, 6.45) is 1.62. The molecule has 3 N–H and O–H groups in total. The molecule has 1 aliphatic heterocycles. The fourth-order valence-electron chi connectivity index (χ4n) is 3.19. The van der Waals surface area contributed by atoms with E-state index in [0.717, 1.165) is 5.56 Å². The quantitative estimate of drug-likeness (QED) is 0.494. The Morgan fingerprint density at radius 2 is 1.73 bits per heavy atom. The summed E-state index contributed by atoms with van der Waals surface area (Å²) in [7, 11) is 0. The van der Waals surface area contributed by atoms with E-state index in [2.05, 4.69) is 10.6 Å². The summed E-state index contributed by atoms with van der Waals surface area (Å²) >= 11 is 12.0. The van der Waals surface area contributed by atoms with Gasteiger partial charge in [0.1, 0.15) is 0 Å². The highest BCUT2D eigenvalue weighted by Crippen LogP contribution is 2.37. The average Bonchev–Trinajstić information content (AvgIpc) is 3.05. The highest BCUT2D eigenvalue weighted by Gasteiger charge is 2.25. The van der Waals surface area contributed by atoms with Crippen molar-refractivity contribution in [2.45, 2.75) is 6.54 Å². The number of carbonyl (C=O) groups is 2. The summed E-state index contributed by atoms with van der Waals surface area (Å²) in [5, 5.41) is 15.5. The van der Waals surface area contributed by atoms with E-state index in [4.69, 9.17) is 23.2 Å². The summed E-state index contributed by atoms with van der Waals surface area (Å²) in [5.41, 5.74) is 3.58. The Bertz CT molecular complexity index is 1170. The van der Waals surface area contributed by atoms with E-state index >= 15 is 0 Å². The summed E-state index contributed by atoms with van der Waals surface area (Å²) in [4.78, 5) is 25.1. The van der Waals surface area contributed by atoms with Crippen LogP contribution in [0.1, 0.15) is 27.0 Å². The number of hydrogen-bond acceptors (Lipinski definition) is 3. The lowest BCUT2D eigenvalue weighted by Crippen LogP contribution is -2.22. The number of fused-ring (bicyclic) bond motifs is 1. The number of rotatable bonds is 4. The molecule has 5 nitrogen and oxygen atoms in total. The molecule has 0 unspecified atom stereocenters. The number of anilines is 1. The first-order chi connectivity index (χ1) is 14.4. The van der Waals surface area contributed by atoms with Gasteiger partial charge in [-0.25, -0.2) is 0 Å². The largest absolute Gasteiger partial charge is 0.505 e. The van der Waals surface area contributed by atoms with Crippen molar-refractivity contribution in [1.82, 2.24) is 5.32 Å². The molecular weight excluding hydrogens is 423 g/mol. The highest BCUT2D eigenvalue weighted by atomic mass is 35.5. The van der Waals surface area contributed by atoms with Crippen molar-refractivity contribution in [3.8, 4) is 5.75 Å². The normalized spacial score (nSPS) is 13.8. The van der Waals surface area contributed by atoms with Crippen molar-refractivity contribution >= 4 is 52.4 Å². The predicted octanol–water partition coefficient (Wildman–Crippen LogP) is 5.12. The maximum absolute atomic E-state index is 12.6. The van der Waals surface area contributed by atoms with Crippen LogP contribution in [0.4, 0.5) is 5.69 Å². The fourth-order valence-corrected chi connectivity index (χ4v) is 3.69. The number of phenols is 1. The molecule has 0 radical (unpaired) electrons. The molecule has 2 amide bonds. The zero-order valence-electron chi connectivity index (χ0n) is 15.6. The molecular formula is C23H16Cl2N2O3. The van der Waals surface area contributed by atoms with Gasteiger partial charge in [0.05, 0.1) is 10.0 Å². The molecule has 3 aromatic rings. The molecule has 0 saturated carbocycles. The third kappa shape index (κ3) is 4.03. The second-order valence-electron chi connectivity index (χ2n) is 6.77. The van der Waals surface area contributed by atoms with Gasteiger partial charge in [0.25, 0.3) is 11.8 Å². The van der Waals surface area contributed by atoms with Crippen LogP contribution in [0.5, 0.6) is 5.75 Å². The van der Waals surface area contributed by atoms with Gasteiger partial charge in [-0.2, -0.15) is 0 Å². The van der Waals surface area contributed by atoms with Crippen LogP contribution in [-0.4, -0.2) is 16.9 Å². The number of hydrogen-bond donors (Lipinski definition) is 3. The van der Waals surface area contributed by atoms with Gasteiger partial charge in [-0.05, 0) is 47.5 Å². The van der Waals surface area contributed by atoms with Crippen molar-refractivity contribution in [3.05, 3.63) is 93.0 Å². The zero-order chi connectivity index (χ0) is 21.3. The molecule has 0 fully saturated rings. The van der Waals surface area contributed by atoms with Gasteiger partial charge in [-0.1, -0.05) is 53.5 Å². The summed E-state index contributed by atoms with van der Waals surface area (Å²) in [5.74, 6) is -0.752. The molecule has 0 atom stereocenters. The number of amides is 2. The zero-order valence-corrected chi connectivity index (χ0v) is 17.1. The van der Waals surface area contributed by atoms with E-state index in [1.807, 2.05) is 30.3 Å². The van der Waals surface area contributed by atoms with E-state index in [1.54, 1.807) is 24.3 Å². The van der Waals surface area contributed by atoms with E-state index in [9.17, 15) is 14.7 Å². The van der Waals surface area contributed by atoms with Gasteiger partial charge in [0.15, 0.2) is 5.75 Å². The number of carbonyl (C=O) groups excluding carboxylic acids is 2. The Morgan fingerprint density at radius 1 is 1.03 bits per heavy atom. The number of benzene rings is 3. The van der Waals surface area contributed by atoms with Gasteiger partial charge in [0, 0.05) is 28.9 Å². The second-order valence-corrected chi connectivity index (χ2v) is 7.59. The molecule has 7 heteroatoms. The summed E-state index contributed by atoms with van der Waals surface area (Å²) in [6, 6.07) is 17.6. The lowest BCUT2D eigenvalue weighted by molar-refractivity contribution is -0.110. The Labute approximate surface area is 182 Å². The Kier molecular flexibility index (Phi) is 5.48. The number of nitrogens with one attached hydrogen (secondary N) is 2. The predicted molar refractivity (Wildman–Crippen MR) is 119 cm³/mol. The monoisotopic (exact) mass is 438 g/mol. The lowest BCUT2D eigenvalue weighted by Gasteiger charge is -2.07. The van der Waals surface area contributed by atoms with Crippen LogP contribution in [0.2, 0.25) is 10.0 Å². The molecule has 1 heterocycles. The van der Waals surface area contributed by atoms with Crippen LogP contribution >= 0.6 is 23.2 Å². The Balaban J connectivity index is 1.62. The van der Waals surface area contributed by atoms with Gasteiger partial charge in [-0.15, -0.1) is 0 Å². The molecule has 4 rings (SSSR count). The first-order valence-electron chi connectivity index (χ1n) is 9.10. The summed E-state index contributed by atoms with van der Waals surface area (Å²) < 4.78 is 0. The Hall–Kier alpha value is -3.28. The van der Waals surface area contributed by atoms with E-state index in [1.165, 1.54) is 12.1 Å². The standard InChI is InChI=1S/C23H16Cl2N2O3/c24-18-9-14(10-19(25)21(18)28)8-17-16-11-15(6-7-20(16)27-23(17)30)22(29)26-12-13-4-2-1-3-5-13/h1-11,28H,12H2,(H,26,29)(H,27,30)/b17-8-. The molecule has 30 heavy (non-hydrogen) atoms. The average molecular weight is 439 g/mol. The van der Waals surface area contributed by atoms with Gasteiger partial charge in [-0.3, -0.25) is 9.59 Å². The van der Waals surface area contributed by atoms with Crippen LogP contribution in [0.25, 0.3) is 11.6 Å². The molecule has 150 valence electrons. The maximum atomic E-state index is 12.6. The molecule has 1 aliphatic rings. The van der Waals surface area contributed by atoms with Crippen LogP contribution in [0, 0.1) is 0 Å². The van der Waals surface area contributed by atoms with Crippen LogP contribution < -0.4 is 10.6 Å². The van der Waals surface area contributed by atoms with E-state index < -0.39 is 0 Å². The number of halogens is 2. The summed E-state index contributed by atoms with van der Waals surface area (Å²) in [6.45, 7) is 0.404. The van der Waals surface area contributed by atoms with Gasteiger partial charge in [0.2, 0.25) is 0 Å². The topological polar surface area (TPSA) is 78.4 Å². The molecule has 0 saturated heterocycles. The van der Waals surface area contributed by atoms with Crippen molar-refractivity contribution in [3.63, 3.8) is 0 Å². The fraction of sp³-hybridized carbons (Fsp3) is 0.0435. The third-order valence-electron chi connectivity index (χ3n) is 4.71. The first kappa shape index (κ1) is 20.0. The second kappa shape index (κ2) is 8.22. The SMILES string of the molecule is O=C1Nc2ccc(C(=O)NCc3ccccc3)cc2/C1=C/c1cc(Cl)c(O)c(Cl)c1. The van der Waals surface area contributed by atoms with E-state index in [-0.39, 0.29) is 27.6 Å². The van der Waals surface area contributed by atoms with Crippen molar-refractivity contribution < 1.29 is 14.7 Å². The third-order valence-corrected chi connectivity index (χ3v) is 5.29. The van der Waals surface area contributed by atoms with Crippen molar-refractivity contribution in [2.75, 3.05) is 5.32 Å². The maximum Gasteiger partial charge on any atom is 0.256 e. The van der Waals surface area contributed by atoms with Crippen molar-refractivity contribution in [1.29, 1.82) is 0 Å². The van der Waals surface area contributed by atoms with Gasteiger partial charge < -0.3 is 15.7 Å². The minimum Gasteiger partial charge on any atom is -0.505 e. The van der Waals surface area contributed by atoms with Crippen molar-refractivity contribution in [2.24, 2.45) is 0 Å². The lowest BCUT2D eigenvalue weighted by atomic mass is 10.0. The van der Waals surface area contributed by atoms with Gasteiger partial charge >= 0.3 is 0 Å². The smallest absolute Gasteiger partial charge is 0.256 e. The molecule has 0 aromatic heterocycles. The minimum absolute atomic E-state index is 0.0852. The highest BCUT2D eigenvalue weighted by molar-refractivity contribution is 6.38. The van der Waals surface area contributed by atoms with Crippen LogP contribution in [0.15, 0.2) is 60.7 Å². The molecule has 0 spiro atoms. The first-order valence-corrected chi connectivity index (χ1v) is 9.85. The minimum atomic E-state index is -0.299. The van der Waals surface area contributed by atoms with Crippen LogP contribution in [0.3, 0.4) is 0 Å².